The van der Waals surface area contributed by atoms with Crippen LogP contribution in [0.5, 0.6) is 0 Å². The van der Waals surface area contributed by atoms with Gasteiger partial charge in [-0.3, -0.25) is 0 Å². The number of fused-ring (bicyclic) bond motifs is 1. The molecule has 7 heteroatoms. The summed E-state index contributed by atoms with van der Waals surface area (Å²) in [7, 11) is 0. The van der Waals surface area contributed by atoms with E-state index >= 15 is 0 Å². The second kappa shape index (κ2) is 4.52. The van der Waals surface area contributed by atoms with Gasteiger partial charge < -0.3 is 15.6 Å². The molecule has 0 unspecified atom stereocenters. The normalized spacial score (nSPS) is 15.2. The number of nitrogen functional groups attached to an aromatic ring is 1. The number of nitrogens with one attached hydrogen (secondary N) is 1. The van der Waals surface area contributed by atoms with Crippen molar-refractivity contribution in [3.63, 3.8) is 0 Å². The molecule has 0 radical (unpaired) electrons. The van der Waals surface area contributed by atoms with Gasteiger partial charge in [-0.1, -0.05) is 12.1 Å². The highest BCUT2D eigenvalue weighted by Crippen LogP contribution is 2.34. The number of hydrogen-bond acceptors (Lipinski definition) is 3. The van der Waals surface area contributed by atoms with Crippen molar-refractivity contribution in [1.82, 2.24) is 14.9 Å². The van der Waals surface area contributed by atoms with Crippen LogP contribution in [0.2, 0.25) is 0 Å². The summed E-state index contributed by atoms with van der Waals surface area (Å²) in [6.07, 6.45) is -4.45. The highest BCUT2D eigenvalue weighted by molar-refractivity contribution is 5.66. The summed E-state index contributed by atoms with van der Waals surface area (Å²) in [6, 6.07) is 6.75. The lowest BCUT2D eigenvalue weighted by atomic mass is 10.1. The minimum absolute atomic E-state index is 0.263. The molecule has 0 fully saturated rings. The van der Waals surface area contributed by atoms with Crippen LogP contribution in [-0.4, -0.2) is 16.1 Å². The van der Waals surface area contributed by atoms with Crippen molar-refractivity contribution in [2.75, 3.05) is 12.3 Å². The first-order chi connectivity index (χ1) is 9.47. The first-order valence-electron chi connectivity index (χ1n) is 6.20. The van der Waals surface area contributed by atoms with E-state index in [1.165, 1.54) is 4.57 Å². The van der Waals surface area contributed by atoms with E-state index in [4.69, 9.17) is 5.73 Å². The first kappa shape index (κ1) is 13.0. The van der Waals surface area contributed by atoms with Gasteiger partial charge >= 0.3 is 6.18 Å². The van der Waals surface area contributed by atoms with E-state index in [0.717, 1.165) is 0 Å². The van der Waals surface area contributed by atoms with E-state index in [1.807, 2.05) is 0 Å². The van der Waals surface area contributed by atoms with Crippen molar-refractivity contribution < 1.29 is 13.2 Å². The fourth-order valence-corrected chi connectivity index (χ4v) is 2.44. The molecule has 0 spiro atoms. The average molecular weight is 282 g/mol. The molecule has 20 heavy (non-hydrogen) atoms. The number of nitrogens with two attached hydrogens (primary N) is 1. The lowest BCUT2D eigenvalue weighted by Crippen LogP contribution is -2.30. The standard InChI is InChI=1S/C13H13F3N4/c14-13(15,16)12-19-11(8-2-1-3-9(17)6-8)10-7-18-4-5-20(10)12/h1-3,6,18H,4-5,7,17H2. The van der Waals surface area contributed by atoms with Gasteiger partial charge in [0.05, 0.1) is 11.4 Å². The van der Waals surface area contributed by atoms with Crippen LogP contribution in [-0.2, 0) is 19.3 Å². The van der Waals surface area contributed by atoms with E-state index < -0.39 is 12.0 Å². The fraction of sp³-hybridized carbons (Fsp3) is 0.308. The molecule has 106 valence electrons. The zero-order chi connectivity index (χ0) is 14.3. The number of aromatic nitrogens is 2. The van der Waals surface area contributed by atoms with Gasteiger partial charge in [0.2, 0.25) is 5.82 Å². The summed E-state index contributed by atoms with van der Waals surface area (Å²) >= 11 is 0. The van der Waals surface area contributed by atoms with Crippen molar-refractivity contribution in [3.05, 3.63) is 35.8 Å². The van der Waals surface area contributed by atoms with E-state index in [1.54, 1.807) is 24.3 Å². The van der Waals surface area contributed by atoms with Gasteiger partial charge in [0.1, 0.15) is 0 Å². The Morgan fingerprint density at radius 2 is 2.10 bits per heavy atom. The molecular weight excluding hydrogens is 269 g/mol. The molecule has 4 nitrogen and oxygen atoms in total. The van der Waals surface area contributed by atoms with Crippen molar-refractivity contribution in [1.29, 1.82) is 0 Å². The Labute approximate surface area is 113 Å². The summed E-state index contributed by atoms with van der Waals surface area (Å²) in [5.41, 5.74) is 7.69. The van der Waals surface area contributed by atoms with Gasteiger partial charge in [0.15, 0.2) is 0 Å². The quantitative estimate of drug-likeness (QED) is 0.789. The molecule has 0 bridgehead atoms. The maximum atomic E-state index is 13.1. The summed E-state index contributed by atoms with van der Waals surface area (Å²) in [5, 5.41) is 3.07. The molecule has 1 aliphatic rings. The Morgan fingerprint density at radius 3 is 2.80 bits per heavy atom. The Balaban J connectivity index is 2.19. The van der Waals surface area contributed by atoms with Crippen LogP contribution in [0.1, 0.15) is 11.5 Å². The number of imidazole rings is 1. The first-order valence-corrected chi connectivity index (χ1v) is 6.20. The maximum absolute atomic E-state index is 13.1. The van der Waals surface area contributed by atoms with Gasteiger partial charge in [-0.25, -0.2) is 4.98 Å². The zero-order valence-corrected chi connectivity index (χ0v) is 10.5. The molecule has 0 saturated heterocycles. The van der Waals surface area contributed by atoms with Crippen molar-refractivity contribution in [2.24, 2.45) is 0 Å². The van der Waals surface area contributed by atoms with Gasteiger partial charge in [-0.2, -0.15) is 13.2 Å². The second-order valence-electron chi connectivity index (χ2n) is 4.68. The van der Waals surface area contributed by atoms with E-state index in [0.29, 0.717) is 35.7 Å². The molecule has 3 N–H and O–H groups in total. The molecule has 0 saturated carbocycles. The number of hydrogen-bond donors (Lipinski definition) is 2. The highest BCUT2D eigenvalue weighted by atomic mass is 19.4. The van der Waals surface area contributed by atoms with Gasteiger partial charge in [-0.15, -0.1) is 0 Å². The minimum atomic E-state index is -4.45. The molecule has 2 heterocycles. The Morgan fingerprint density at radius 1 is 1.30 bits per heavy atom. The van der Waals surface area contributed by atoms with Crippen LogP contribution in [0.25, 0.3) is 11.3 Å². The topological polar surface area (TPSA) is 55.9 Å². The number of halogens is 3. The Bertz CT molecular complexity index is 646. The van der Waals surface area contributed by atoms with Crippen molar-refractivity contribution in [2.45, 2.75) is 19.3 Å². The van der Waals surface area contributed by atoms with E-state index in [9.17, 15) is 13.2 Å². The van der Waals surface area contributed by atoms with Crippen molar-refractivity contribution in [3.8, 4) is 11.3 Å². The summed E-state index contributed by atoms with van der Waals surface area (Å²) in [6.45, 7) is 1.13. The van der Waals surface area contributed by atoms with Crippen molar-refractivity contribution >= 4 is 5.69 Å². The number of benzene rings is 1. The number of anilines is 1. The van der Waals surface area contributed by atoms with E-state index in [2.05, 4.69) is 10.3 Å². The van der Waals surface area contributed by atoms with Crippen LogP contribution in [0.15, 0.2) is 24.3 Å². The monoisotopic (exact) mass is 282 g/mol. The largest absolute Gasteiger partial charge is 0.449 e. The lowest BCUT2D eigenvalue weighted by Gasteiger charge is -2.19. The van der Waals surface area contributed by atoms with Crippen LogP contribution in [0, 0.1) is 0 Å². The summed E-state index contributed by atoms with van der Waals surface area (Å²) < 4.78 is 40.4. The number of rotatable bonds is 1. The predicted octanol–water partition coefficient (Wildman–Crippen LogP) is 2.25. The van der Waals surface area contributed by atoms with Crippen LogP contribution >= 0.6 is 0 Å². The predicted molar refractivity (Wildman–Crippen MR) is 68.8 cm³/mol. The molecule has 0 atom stereocenters. The third kappa shape index (κ3) is 2.14. The zero-order valence-electron chi connectivity index (χ0n) is 10.5. The smallest absolute Gasteiger partial charge is 0.399 e. The molecule has 0 amide bonds. The summed E-state index contributed by atoms with van der Waals surface area (Å²) in [4.78, 5) is 3.82. The third-order valence-electron chi connectivity index (χ3n) is 3.29. The van der Waals surface area contributed by atoms with Gasteiger partial charge in [0.25, 0.3) is 0 Å². The highest BCUT2D eigenvalue weighted by Gasteiger charge is 2.39. The molecular formula is C13H13F3N4. The molecule has 3 rings (SSSR count). The van der Waals surface area contributed by atoms with Crippen LogP contribution in [0.4, 0.5) is 18.9 Å². The molecule has 0 aliphatic carbocycles. The maximum Gasteiger partial charge on any atom is 0.449 e. The van der Waals surface area contributed by atoms with Crippen LogP contribution in [0.3, 0.4) is 0 Å². The van der Waals surface area contributed by atoms with Gasteiger partial charge in [0, 0.05) is 30.9 Å². The van der Waals surface area contributed by atoms with Crippen LogP contribution < -0.4 is 11.1 Å². The number of alkyl halides is 3. The second-order valence-corrected chi connectivity index (χ2v) is 4.68. The average Bonchev–Trinajstić information content (AvgIpc) is 2.78. The lowest BCUT2D eigenvalue weighted by molar-refractivity contribution is -0.147. The SMILES string of the molecule is Nc1cccc(-c2nc(C(F)(F)F)n3c2CNCC3)c1. The van der Waals surface area contributed by atoms with E-state index in [-0.39, 0.29) is 6.54 Å². The molecule has 2 aromatic rings. The molecule has 1 aromatic heterocycles. The Hall–Kier alpha value is -2.02. The van der Waals surface area contributed by atoms with Gasteiger partial charge in [-0.05, 0) is 12.1 Å². The Kier molecular flexibility index (Phi) is 2.93. The number of nitrogens with zero attached hydrogens (tertiary/aromatic N) is 2. The molecule has 1 aromatic carbocycles. The minimum Gasteiger partial charge on any atom is -0.399 e. The third-order valence-corrected chi connectivity index (χ3v) is 3.29. The molecule has 1 aliphatic heterocycles. The summed E-state index contributed by atoms with van der Waals surface area (Å²) in [5.74, 6) is -0.841. The fourth-order valence-electron chi connectivity index (χ4n) is 2.44.